The quantitative estimate of drug-likeness (QED) is 0.521. The van der Waals surface area contributed by atoms with Crippen molar-refractivity contribution in [3.63, 3.8) is 0 Å². The van der Waals surface area contributed by atoms with Crippen molar-refractivity contribution in [2.45, 2.75) is 6.92 Å². The molecule has 1 aromatic carbocycles. The summed E-state index contributed by atoms with van der Waals surface area (Å²) in [6.07, 6.45) is 1.31. The van der Waals surface area contributed by atoms with Crippen LogP contribution in [0.15, 0.2) is 29.4 Å². The van der Waals surface area contributed by atoms with Gasteiger partial charge in [-0.15, -0.1) is 0 Å². The van der Waals surface area contributed by atoms with E-state index in [9.17, 15) is 0 Å². The summed E-state index contributed by atoms with van der Waals surface area (Å²) < 4.78 is 12.4. The molecule has 0 radical (unpaired) electrons. The van der Waals surface area contributed by atoms with Crippen molar-refractivity contribution in [3.8, 4) is 17.4 Å². The third kappa shape index (κ3) is 2.67. The smallest absolute Gasteiger partial charge is 0.226 e. The Bertz CT molecular complexity index is 588. The average molecular weight is 261 g/mol. The Morgan fingerprint density at radius 2 is 1.89 bits per heavy atom. The first-order valence-corrected chi connectivity index (χ1v) is 5.68. The molecule has 6 nitrogen and oxygen atoms in total. The Kier molecular flexibility index (Phi) is 3.70. The number of methoxy groups -OCH3 is 1. The van der Waals surface area contributed by atoms with Gasteiger partial charge in [0.15, 0.2) is 0 Å². The van der Waals surface area contributed by atoms with Crippen LogP contribution in [0.25, 0.3) is 0 Å². The molecule has 0 spiro atoms. The third-order valence-electron chi connectivity index (χ3n) is 2.67. The first-order chi connectivity index (χ1) is 9.15. The minimum absolute atomic E-state index is 0.514. The van der Waals surface area contributed by atoms with Gasteiger partial charge in [-0.2, -0.15) is 5.10 Å². The van der Waals surface area contributed by atoms with Crippen molar-refractivity contribution in [2.75, 3.05) is 7.11 Å². The Hall–Kier alpha value is -2.50. The van der Waals surface area contributed by atoms with Crippen molar-refractivity contribution in [3.05, 3.63) is 35.5 Å². The van der Waals surface area contributed by atoms with Gasteiger partial charge in [0.05, 0.1) is 24.6 Å². The van der Waals surface area contributed by atoms with Gasteiger partial charge in [-0.3, -0.25) is 0 Å². The van der Waals surface area contributed by atoms with Gasteiger partial charge in [0, 0.05) is 7.05 Å². The van der Waals surface area contributed by atoms with Crippen molar-refractivity contribution >= 4 is 6.21 Å². The molecule has 0 fully saturated rings. The van der Waals surface area contributed by atoms with Gasteiger partial charge in [-0.1, -0.05) is 5.16 Å². The summed E-state index contributed by atoms with van der Waals surface area (Å²) in [5, 5.41) is 15.9. The van der Waals surface area contributed by atoms with Crippen LogP contribution in [-0.4, -0.2) is 28.3 Å². The third-order valence-corrected chi connectivity index (χ3v) is 2.67. The molecule has 6 heteroatoms. The highest BCUT2D eigenvalue weighted by molar-refractivity contribution is 5.84. The monoisotopic (exact) mass is 261 g/mol. The Morgan fingerprint density at radius 3 is 2.47 bits per heavy atom. The molecule has 0 saturated heterocycles. The number of oxime groups is 1. The van der Waals surface area contributed by atoms with Gasteiger partial charge in [-0.05, 0) is 31.2 Å². The van der Waals surface area contributed by atoms with Crippen LogP contribution in [0.3, 0.4) is 0 Å². The van der Waals surface area contributed by atoms with E-state index in [0.29, 0.717) is 17.2 Å². The van der Waals surface area contributed by atoms with Gasteiger partial charge < -0.3 is 14.7 Å². The number of hydrogen-bond donors (Lipinski definition) is 1. The van der Waals surface area contributed by atoms with Crippen LogP contribution in [0.5, 0.6) is 17.4 Å². The topological polar surface area (TPSA) is 68.9 Å². The SMILES string of the molecule is COc1ccc(Oc2c(/C=N\O)c(C)nn2C)cc1. The highest BCUT2D eigenvalue weighted by atomic mass is 16.5. The predicted octanol–water partition coefficient (Wildman–Crippen LogP) is 2.34. The van der Waals surface area contributed by atoms with Crippen molar-refractivity contribution in [1.82, 2.24) is 9.78 Å². The summed E-state index contributed by atoms with van der Waals surface area (Å²) in [6, 6.07) is 7.19. The maximum Gasteiger partial charge on any atom is 0.226 e. The van der Waals surface area contributed by atoms with Crippen LogP contribution in [0.4, 0.5) is 0 Å². The molecule has 0 amide bonds. The van der Waals surface area contributed by atoms with E-state index in [4.69, 9.17) is 14.7 Å². The number of nitrogens with zero attached hydrogens (tertiary/aromatic N) is 3. The Morgan fingerprint density at radius 1 is 1.26 bits per heavy atom. The highest BCUT2D eigenvalue weighted by Crippen LogP contribution is 2.27. The van der Waals surface area contributed by atoms with Crippen LogP contribution in [0.1, 0.15) is 11.3 Å². The zero-order valence-corrected chi connectivity index (χ0v) is 11.0. The summed E-state index contributed by atoms with van der Waals surface area (Å²) in [5.74, 6) is 1.92. The second-order valence-electron chi connectivity index (χ2n) is 3.95. The lowest BCUT2D eigenvalue weighted by atomic mass is 10.3. The highest BCUT2D eigenvalue weighted by Gasteiger charge is 2.14. The minimum Gasteiger partial charge on any atom is -0.497 e. The molecule has 1 N–H and O–H groups in total. The fraction of sp³-hybridized carbons (Fsp3) is 0.231. The van der Waals surface area contributed by atoms with Gasteiger partial charge in [0.1, 0.15) is 11.5 Å². The number of aromatic nitrogens is 2. The number of benzene rings is 1. The molecule has 0 bridgehead atoms. The number of rotatable bonds is 4. The van der Waals surface area contributed by atoms with Crippen molar-refractivity contribution in [1.29, 1.82) is 0 Å². The molecule has 0 aliphatic heterocycles. The fourth-order valence-corrected chi connectivity index (χ4v) is 1.74. The molecular formula is C13H15N3O3. The maximum absolute atomic E-state index is 8.67. The average Bonchev–Trinajstić information content (AvgIpc) is 2.67. The molecule has 1 heterocycles. The van der Waals surface area contributed by atoms with E-state index in [0.717, 1.165) is 11.4 Å². The first-order valence-electron chi connectivity index (χ1n) is 5.68. The van der Waals surface area contributed by atoms with Crippen molar-refractivity contribution < 1.29 is 14.7 Å². The number of ether oxygens (including phenoxy) is 2. The van der Waals surface area contributed by atoms with E-state index in [1.807, 2.05) is 6.92 Å². The second kappa shape index (κ2) is 5.43. The minimum atomic E-state index is 0.514. The summed E-state index contributed by atoms with van der Waals surface area (Å²) >= 11 is 0. The number of hydrogen-bond acceptors (Lipinski definition) is 5. The summed E-state index contributed by atoms with van der Waals surface area (Å²) in [7, 11) is 3.37. The standard InChI is InChI=1S/C13H15N3O3/c1-9-12(8-14-17)13(16(2)15-9)19-11-6-4-10(18-3)5-7-11/h4-8,17H,1-3H3/b14-8-. The van der Waals surface area contributed by atoms with Crippen LogP contribution in [0, 0.1) is 6.92 Å². The van der Waals surface area contributed by atoms with Gasteiger partial charge >= 0.3 is 0 Å². The molecule has 2 aromatic rings. The Labute approximate surface area is 110 Å². The fourth-order valence-electron chi connectivity index (χ4n) is 1.74. The van der Waals surface area contributed by atoms with E-state index in [2.05, 4.69) is 10.3 Å². The van der Waals surface area contributed by atoms with E-state index < -0.39 is 0 Å². The zero-order chi connectivity index (χ0) is 13.8. The van der Waals surface area contributed by atoms with E-state index in [-0.39, 0.29) is 0 Å². The zero-order valence-electron chi connectivity index (χ0n) is 11.0. The van der Waals surface area contributed by atoms with Gasteiger partial charge in [-0.25, -0.2) is 4.68 Å². The molecule has 100 valence electrons. The summed E-state index contributed by atoms with van der Waals surface area (Å²) in [4.78, 5) is 0. The van der Waals surface area contributed by atoms with Crippen LogP contribution in [-0.2, 0) is 7.05 Å². The van der Waals surface area contributed by atoms with Crippen molar-refractivity contribution in [2.24, 2.45) is 12.2 Å². The predicted molar refractivity (Wildman–Crippen MR) is 70.4 cm³/mol. The first kappa shape index (κ1) is 12.9. The van der Waals surface area contributed by atoms with E-state index >= 15 is 0 Å². The summed E-state index contributed by atoms with van der Waals surface area (Å²) in [6.45, 7) is 1.82. The summed E-state index contributed by atoms with van der Waals surface area (Å²) in [5.41, 5.74) is 1.37. The normalized spacial score (nSPS) is 10.9. The largest absolute Gasteiger partial charge is 0.497 e. The van der Waals surface area contributed by atoms with E-state index in [1.165, 1.54) is 6.21 Å². The molecule has 0 saturated carbocycles. The lowest BCUT2D eigenvalue weighted by Crippen LogP contribution is -1.97. The maximum atomic E-state index is 8.67. The molecule has 0 aliphatic rings. The second-order valence-corrected chi connectivity index (χ2v) is 3.95. The molecule has 1 aromatic heterocycles. The molecule has 2 rings (SSSR count). The molecule has 19 heavy (non-hydrogen) atoms. The molecule has 0 atom stereocenters. The molecular weight excluding hydrogens is 246 g/mol. The lowest BCUT2D eigenvalue weighted by molar-refractivity contribution is 0.321. The number of aryl methyl sites for hydroxylation is 2. The van der Waals surface area contributed by atoms with Crippen LogP contribution < -0.4 is 9.47 Å². The Balaban J connectivity index is 2.31. The van der Waals surface area contributed by atoms with Crippen LogP contribution in [0.2, 0.25) is 0 Å². The van der Waals surface area contributed by atoms with Crippen LogP contribution >= 0.6 is 0 Å². The molecule has 0 aliphatic carbocycles. The molecule has 0 unspecified atom stereocenters. The van der Waals surface area contributed by atoms with E-state index in [1.54, 1.807) is 43.1 Å². The lowest BCUT2D eigenvalue weighted by Gasteiger charge is -2.07. The van der Waals surface area contributed by atoms with Gasteiger partial charge in [0.2, 0.25) is 5.88 Å². The van der Waals surface area contributed by atoms with Gasteiger partial charge in [0.25, 0.3) is 0 Å².